The normalized spacial score (nSPS) is 11.3. The minimum absolute atomic E-state index is 0.00739. The van der Waals surface area contributed by atoms with Crippen LogP contribution in [-0.4, -0.2) is 57.5 Å². The van der Waals surface area contributed by atoms with Crippen molar-refractivity contribution in [3.05, 3.63) is 64.5 Å². The SMILES string of the molecule is C=C(NC(=O)Cn1cccc(NC(=O)C(CCC(=O)C(=O)NCC)NC(=O)c2c[nH]c(C(N)=O)c2)c1=O)C(C)C. The number of H-pyrrole nitrogens is 1. The van der Waals surface area contributed by atoms with Crippen LogP contribution in [0.15, 0.2) is 47.7 Å². The zero-order valence-electron chi connectivity index (χ0n) is 22.5. The largest absolute Gasteiger partial charge is 0.364 e. The number of carbonyl (C=O) groups is 6. The Bertz CT molecular complexity index is 1370. The van der Waals surface area contributed by atoms with Gasteiger partial charge in [0.25, 0.3) is 23.3 Å². The standard InChI is InChI=1S/C26H33N7O7/c1-5-28-25(39)20(34)9-8-17(31-23(37)16-11-19(22(27)36)29-12-16)24(38)32-18-7-6-10-33(26(18)40)13-21(35)30-15(4)14(2)3/h6-7,10-12,14,17,29H,4-5,8-9,13H2,1-3H3,(H2,27,36)(H,28,39)(H,30,35)(H,31,37)(H,32,38). The molecule has 5 amide bonds. The molecule has 14 nitrogen and oxygen atoms in total. The Kier molecular flexibility index (Phi) is 11.1. The second-order valence-electron chi connectivity index (χ2n) is 9.09. The maximum atomic E-state index is 13.1. The molecule has 214 valence electrons. The van der Waals surface area contributed by atoms with Crippen LogP contribution in [0.2, 0.25) is 0 Å². The first-order chi connectivity index (χ1) is 18.8. The Labute approximate surface area is 229 Å². The smallest absolute Gasteiger partial charge is 0.287 e. The van der Waals surface area contributed by atoms with E-state index in [0.717, 1.165) is 4.57 Å². The summed E-state index contributed by atoms with van der Waals surface area (Å²) in [6, 6.07) is 2.58. The van der Waals surface area contributed by atoms with Crippen LogP contribution in [0.25, 0.3) is 0 Å². The van der Waals surface area contributed by atoms with E-state index in [9.17, 15) is 33.6 Å². The van der Waals surface area contributed by atoms with Crippen molar-refractivity contribution in [1.29, 1.82) is 0 Å². The number of hydrogen-bond acceptors (Lipinski definition) is 7. The van der Waals surface area contributed by atoms with Crippen LogP contribution < -0.4 is 32.6 Å². The number of pyridine rings is 1. The highest BCUT2D eigenvalue weighted by atomic mass is 16.2. The average Bonchev–Trinajstić information content (AvgIpc) is 3.39. The summed E-state index contributed by atoms with van der Waals surface area (Å²) < 4.78 is 1.08. The molecule has 0 radical (unpaired) electrons. The number of Topliss-reactive ketones (excluding diaryl/α,β-unsaturated/α-hetero) is 1. The lowest BCUT2D eigenvalue weighted by atomic mass is 10.1. The lowest BCUT2D eigenvalue weighted by molar-refractivity contribution is -0.138. The summed E-state index contributed by atoms with van der Waals surface area (Å²) in [5.74, 6) is -4.57. The van der Waals surface area contributed by atoms with Crippen molar-refractivity contribution in [3.8, 4) is 0 Å². The second-order valence-corrected chi connectivity index (χ2v) is 9.09. The van der Waals surface area contributed by atoms with E-state index in [1.54, 1.807) is 6.92 Å². The Hall–Kier alpha value is -5.01. The van der Waals surface area contributed by atoms with Gasteiger partial charge in [0.1, 0.15) is 24.0 Å². The monoisotopic (exact) mass is 555 g/mol. The van der Waals surface area contributed by atoms with Crippen LogP contribution in [0, 0.1) is 5.92 Å². The summed E-state index contributed by atoms with van der Waals surface area (Å²) in [7, 11) is 0. The third kappa shape index (κ3) is 8.79. The van der Waals surface area contributed by atoms with Gasteiger partial charge in [-0.2, -0.15) is 0 Å². The molecule has 14 heteroatoms. The molecule has 0 aliphatic carbocycles. The van der Waals surface area contributed by atoms with Gasteiger partial charge in [-0.1, -0.05) is 20.4 Å². The van der Waals surface area contributed by atoms with E-state index >= 15 is 0 Å². The van der Waals surface area contributed by atoms with Gasteiger partial charge >= 0.3 is 0 Å². The van der Waals surface area contributed by atoms with Gasteiger partial charge in [0.2, 0.25) is 17.6 Å². The van der Waals surface area contributed by atoms with Crippen LogP contribution in [0.4, 0.5) is 5.69 Å². The number of anilines is 1. The number of nitrogens with zero attached hydrogens (tertiary/aromatic N) is 1. The molecule has 0 aliphatic rings. The average molecular weight is 556 g/mol. The molecule has 2 aromatic heterocycles. The van der Waals surface area contributed by atoms with E-state index in [2.05, 4.69) is 32.8 Å². The number of carbonyl (C=O) groups excluding carboxylic acids is 6. The maximum absolute atomic E-state index is 13.1. The summed E-state index contributed by atoms with van der Waals surface area (Å²) in [6.45, 7) is 8.96. The number of aromatic nitrogens is 2. The Balaban J connectivity index is 2.23. The minimum atomic E-state index is -1.36. The van der Waals surface area contributed by atoms with Gasteiger partial charge in [0.15, 0.2) is 0 Å². The molecular weight excluding hydrogens is 522 g/mol. The summed E-state index contributed by atoms with van der Waals surface area (Å²) in [5.41, 5.74) is 4.73. The molecule has 40 heavy (non-hydrogen) atoms. The number of aromatic amines is 1. The zero-order valence-corrected chi connectivity index (χ0v) is 22.5. The zero-order chi connectivity index (χ0) is 30.0. The van der Waals surface area contributed by atoms with E-state index in [4.69, 9.17) is 5.73 Å². The van der Waals surface area contributed by atoms with E-state index in [0.29, 0.717) is 5.70 Å². The summed E-state index contributed by atoms with van der Waals surface area (Å²) in [4.78, 5) is 89.0. The number of likely N-dealkylation sites (N-methyl/N-ethyl adjacent to an activating group) is 1. The maximum Gasteiger partial charge on any atom is 0.287 e. The van der Waals surface area contributed by atoms with Crippen molar-refractivity contribution in [2.45, 2.75) is 46.2 Å². The molecule has 2 rings (SSSR count). The lowest BCUT2D eigenvalue weighted by Gasteiger charge is -2.18. The molecule has 0 fully saturated rings. The van der Waals surface area contributed by atoms with Crippen LogP contribution >= 0.6 is 0 Å². The number of primary amides is 1. The molecule has 0 aliphatic heterocycles. The number of allylic oxidation sites excluding steroid dienone is 1. The van der Waals surface area contributed by atoms with Gasteiger partial charge in [-0.3, -0.25) is 33.6 Å². The fourth-order valence-corrected chi connectivity index (χ4v) is 3.32. The third-order valence-corrected chi connectivity index (χ3v) is 5.67. The summed E-state index contributed by atoms with van der Waals surface area (Å²) in [6.07, 6.45) is 1.91. The van der Waals surface area contributed by atoms with Crippen LogP contribution in [0.5, 0.6) is 0 Å². The van der Waals surface area contributed by atoms with Gasteiger partial charge in [-0.25, -0.2) is 0 Å². The first-order valence-corrected chi connectivity index (χ1v) is 12.4. The molecule has 1 atom stereocenters. The Morgan fingerprint density at radius 2 is 1.85 bits per heavy atom. The predicted molar refractivity (Wildman–Crippen MR) is 145 cm³/mol. The van der Waals surface area contributed by atoms with Crippen LogP contribution in [0.3, 0.4) is 0 Å². The van der Waals surface area contributed by atoms with Crippen molar-refractivity contribution in [1.82, 2.24) is 25.5 Å². The van der Waals surface area contributed by atoms with Crippen molar-refractivity contribution < 1.29 is 28.8 Å². The summed E-state index contributed by atoms with van der Waals surface area (Å²) >= 11 is 0. The fourth-order valence-electron chi connectivity index (χ4n) is 3.32. The van der Waals surface area contributed by atoms with E-state index < -0.39 is 46.9 Å². The second kappa shape index (κ2) is 14.2. The summed E-state index contributed by atoms with van der Waals surface area (Å²) in [5, 5.41) is 9.81. The quantitative estimate of drug-likeness (QED) is 0.172. The number of amides is 5. The lowest BCUT2D eigenvalue weighted by Crippen LogP contribution is -2.45. The highest BCUT2D eigenvalue weighted by Gasteiger charge is 2.26. The topological polar surface area (TPSA) is 214 Å². The highest BCUT2D eigenvalue weighted by Crippen LogP contribution is 2.09. The molecule has 0 saturated heterocycles. The van der Waals surface area contributed by atoms with Crippen molar-refractivity contribution in [2.75, 3.05) is 11.9 Å². The molecule has 0 aromatic carbocycles. The number of nitrogens with one attached hydrogen (secondary N) is 5. The fraction of sp³-hybridized carbons (Fsp3) is 0.346. The first-order valence-electron chi connectivity index (χ1n) is 12.4. The molecule has 2 aromatic rings. The van der Waals surface area contributed by atoms with E-state index in [1.165, 1.54) is 30.6 Å². The number of ketones is 1. The molecule has 1 unspecified atom stereocenters. The highest BCUT2D eigenvalue weighted by molar-refractivity contribution is 6.36. The van der Waals surface area contributed by atoms with Crippen LogP contribution in [-0.2, 0) is 25.7 Å². The number of hydrogen-bond donors (Lipinski definition) is 6. The molecule has 0 spiro atoms. The Morgan fingerprint density at radius 1 is 1.15 bits per heavy atom. The van der Waals surface area contributed by atoms with Gasteiger partial charge in [0, 0.05) is 31.1 Å². The third-order valence-electron chi connectivity index (χ3n) is 5.67. The molecule has 7 N–H and O–H groups in total. The van der Waals surface area contributed by atoms with Gasteiger partial charge in [-0.15, -0.1) is 0 Å². The van der Waals surface area contributed by atoms with E-state index in [-0.39, 0.29) is 48.8 Å². The van der Waals surface area contributed by atoms with Crippen molar-refractivity contribution >= 4 is 41.0 Å². The van der Waals surface area contributed by atoms with Gasteiger partial charge in [-0.05, 0) is 37.5 Å². The number of rotatable bonds is 14. The molecule has 0 saturated carbocycles. The van der Waals surface area contributed by atoms with E-state index in [1.807, 2.05) is 13.8 Å². The predicted octanol–water partition coefficient (Wildman–Crippen LogP) is -0.216. The minimum Gasteiger partial charge on any atom is -0.364 e. The van der Waals surface area contributed by atoms with Gasteiger partial charge < -0.3 is 36.6 Å². The van der Waals surface area contributed by atoms with Crippen LogP contribution in [0.1, 0.15) is 54.5 Å². The first kappa shape index (κ1) is 31.2. The molecular formula is C26H33N7O7. The van der Waals surface area contributed by atoms with Crippen molar-refractivity contribution in [3.63, 3.8) is 0 Å². The number of nitrogens with two attached hydrogens (primary N) is 1. The van der Waals surface area contributed by atoms with Gasteiger partial charge in [0.05, 0.1) is 5.56 Å². The van der Waals surface area contributed by atoms with Crippen molar-refractivity contribution in [2.24, 2.45) is 11.7 Å². The Morgan fingerprint density at radius 3 is 2.45 bits per heavy atom. The molecule has 0 bridgehead atoms. The molecule has 2 heterocycles.